The van der Waals surface area contributed by atoms with Crippen LogP contribution in [0.15, 0.2) is 0 Å². The summed E-state index contributed by atoms with van der Waals surface area (Å²) in [6.07, 6.45) is 5.90. The molecule has 0 radical (unpaired) electrons. The second kappa shape index (κ2) is 4.19. The maximum atomic E-state index is 3.57. The topological polar surface area (TPSA) is 15.3 Å². The molecule has 0 bridgehead atoms. The Morgan fingerprint density at radius 2 is 2.00 bits per heavy atom. The van der Waals surface area contributed by atoms with Crippen LogP contribution in [0.1, 0.15) is 39.5 Å². The lowest BCUT2D eigenvalue weighted by Gasteiger charge is -2.40. The summed E-state index contributed by atoms with van der Waals surface area (Å²) >= 11 is 0. The normalized spacial score (nSPS) is 29.6. The van der Waals surface area contributed by atoms with E-state index in [1.807, 2.05) is 0 Å². The number of nitrogens with zero attached hydrogens (tertiary/aromatic N) is 1. The first kappa shape index (κ1) is 10.4. The molecule has 2 heteroatoms. The Balaban J connectivity index is 1.79. The van der Waals surface area contributed by atoms with Crippen LogP contribution in [0.2, 0.25) is 0 Å². The molecule has 1 aliphatic carbocycles. The Bertz CT molecular complexity index is 183. The van der Waals surface area contributed by atoms with Crippen LogP contribution < -0.4 is 5.32 Å². The molecule has 1 N–H and O–H groups in total. The van der Waals surface area contributed by atoms with Gasteiger partial charge in [-0.05, 0) is 32.6 Å². The van der Waals surface area contributed by atoms with Crippen molar-refractivity contribution in [3.8, 4) is 0 Å². The van der Waals surface area contributed by atoms with Gasteiger partial charge >= 0.3 is 0 Å². The summed E-state index contributed by atoms with van der Waals surface area (Å²) in [5, 5.41) is 3.57. The summed E-state index contributed by atoms with van der Waals surface area (Å²) in [5.74, 6) is 1.00. The highest BCUT2D eigenvalue weighted by Crippen LogP contribution is 2.26. The molecule has 82 valence electrons. The third kappa shape index (κ3) is 2.71. The van der Waals surface area contributed by atoms with Crippen LogP contribution in [0, 0.1) is 5.92 Å². The van der Waals surface area contributed by atoms with Gasteiger partial charge in [-0.1, -0.05) is 12.8 Å². The first-order valence-electron chi connectivity index (χ1n) is 6.13. The Kier molecular flexibility index (Phi) is 3.13. The van der Waals surface area contributed by atoms with E-state index < -0.39 is 0 Å². The van der Waals surface area contributed by atoms with Gasteiger partial charge in [-0.2, -0.15) is 0 Å². The number of rotatable bonds is 2. The van der Waals surface area contributed by atoms with Crippen molar-refractivity contribution in [1.29, 1.82) is 0 Å². The van der Waals surface area contributed by atoms with E-state index in [2.05, 4.69) is 24.1 Å². The van der Waals surface area contributed by atoms with Gasteiger partial charge in [0, 0.05) is 31.7 Å². The first-order valence-corrected chi connectivity index (χ1v) is 6.13. The molecule has 1 heterocycles. The molecule has 0 unspecified atom stereocenters. The van der Waals surface area contributed by atoms with Crippen LogP contribution in [0.4, 0.5) is 0 Å². The minimum absolute atomic E-state index is 0.330. The molecule has 2 rings (SSSR count). The third-order valence-corrected chi connectivity index (χ3v) is 3.64. The van der Waals surface area contributed by atoms with Crippen LogP contribution in [-0.4, -0.2) is 36.6 Å². The van der Waals surface area contributed by atoms with E-state index in [4.69, 9.17) is 0 Å². The molecule has 0 amide bonds. The van der Waals surface area contributed by atoms with Gasteiger partial charge in [0.2, 0.25) is 0 Å². The Morgan fingerprint density at radius 1 is 1.29 bits per heavy atom. The van der Waals surface area contributed by atoms with Gasteiger partial charge in [-0.25, -0.2) is 0 Å². The molecule has 0 aromatic heterocycles. The zero-order valence-corrected chi connectivity index (χ0v) is 9.68. The van der Waals surface area contributed by atoms with Crippen LogP contribution >= 0.6 is 0 Å². The highest BCUT2D eigenvalue weighted by molar-refractivity contribution is 4.87. The fourth-order valence-electron chi connectivity index (χ4n) is 2.96. The van der Waals surface area contributed by atoms with Gasteiger partial charge in [0.1, 0.15) is 0 Å². The summed E-state index contributed by atoms with van der Waals surface area (Å²) < 4.78 is 0. The van der Waals surface area contributed by atoms with Gasteiger partial charge < -0.3 is 5.32 Å². The highest BCUT2D eigenvalue weighted by atomic mass is 15.2. The maximum absolute atomic E-state index is 3.57. The van der Waals surface area contributed by atoms with Crippen molar-refractivity contribution in [2.24, 2.45) is 5.92 Å². The van der Waals surface area contributed by atoms with Crippen molar-refractivity contribution in [1.82, 2.24) is 10.2 Å². The van der Waals surface area contributed by atoms with Crippen LogP contribution in [0.25, 0.3) is 0 Å². The lowest BCUT2D eigenvalue weighted by atomic mass is 10.00. The molecule has 0 spiro atoms. The fraction of sp³-hybridized carbons (Fsp3) is 1.00. The minimum Gasteiger partial charge on any atom is -0.309 e. The van der Waals surface area contributed by atoms with E-state index in [0.29, 0.717) is 5.54 Å². The van der Waals surface area contributed by atoms with Crippen molar-refractivity contribution in [2.45, 2.75) is 45.1 Å². The molecule has 1 aliphatic heterocycles. The smallest absolute Gasteiger partial charge is 0.0252 e. The summed E-state index contributed by atoms with van der Waals surface area (Å²) in [7, 11) is 0. The molecule has 0 aromatic rings. The van der Waals surface area contributed by atoms with Crippen LogP contribution in [0.5, 0.6) is 0 Å². The lowest BCUT2D eigenvalue weighted by molar-refractivity contribution is 0.136. The van der Waals surface area contributed by atoms with Crippen molar-refractivity contribution in [3.05, 3.63) is 0 Å². The van der Waals surface area contributed by atoms with E-state index >= 15 is 0 Å². The maximum Gasteiger partial charge on any atom is 0.0252 e. The minimum atomic E-state index is 0.330. The summed E-state index contributed by atoms with van der Waals surface area (Å²) in [6, 6.07) is 0. The van der Waals surface area contributed by atoms with E-state index in [-0.39, 0.29) is 0 Å². The summed E-state index contributed by atoms with van der Waals surface area (Å²) in [5.41, 5.74) is 0.330. The average molecular weight is 196 g/mol. The van der Waals surface area contributed by atoms with E-state index in [1.54, 1.807) is 0 Å². The first-order chi connectivity index (χ1) is 6.66. The molecule has 2 nitrogen and oxygen atoms in total. The zero-order chi connectivity index (χ0) is 10.0. The third-order valence-electron chi connectivity index (χ3n) is 3.64. The van der Waals surface area contributed by atoms with Crippen molar-refractivity contribution >= 4 is 0 Å². The lowest BCUT2D eigenvalue weighted by Crippen LogP contribution is -2.57. The van der Waals surface area contributed by atoms with E-state index in [9.17, 15) is 0 Å². The van der Waals surface area contributed by atoms with Crippen molar-refractivity contribution in [3.63, 3.8) is 0 Å². The molecule has 0 aromatic carbocycles. The Labute approximate surface area is 88.1 Å². The van der Waals surface area contributed by atoms with Gasteiger partial charge in [0.15, 0.2) is 0 Å². The Hall–Kier alpha value is -0.0800. The monoisotopic (exact) mass is 196 g/mol. The largest absolute Gasteiger partial charge is 0.309 e. The van der Waals surface area contributed by atoms with Crippen molar-refractivity contribution < 1.29 is 0 Å². The molecule has 0 atom stereocenters. The molecule has 14 heavy (non-hydrogen) atoms. The Morgan fingerprint density at radius 3 is 2.64 bits per heavy atom. The molecular weight excluding hydrogens is 172 g/mol. The molecule has 1 saturated heterocycles. The van der Waals surface area contributed by atoms with E-state index in [0.717, 1.165) is 5.92 Å². The molecular formula is C12H24N2. The number of piperazine rings is 1. The second-order valence-corrected chi connectivity index (χ2v) is 5.70. The van der Waals surface area contributed by atoms with Crippen LogP contribution in [0.3, 0.4) is 0 Å². The summed E-state index contributed by atoms with van der Waals surface area (Å²) in [4.78, 5) is 2.66. The predicted molar refractivity (Wildman–Crippen MR) is 60.5 cm³/mol. The molecule has 1 saturated carbocycles. The van der Waals surface area contributed by atoms with Gasteiger partial charge in [0.05, 0.1) is 0 Å². The van der Waals surface area contributed by atoms with Gasteiger partial charge in [-0.3, -0.25) is 4.90 Å². The van der Waals surface area contributed by atoms with Gasteiger partial charge in [0.25, 0.3) is 0 Å². The highest BCUT2D eigenvalue weighted by Gasteiger charge is 2.27. The number of hydrogen-bond donors (Lipinski definition) is 1. The predicted octanol–water partition coefficient (Wildman–Crippen LogP) is 1.86. The van der Waals surface area contributed by atoms with Crippen LogP contribution in [-0.2, 0) is 0 Å². The number of nitrogens with one attached hydrogen (secondary N) is 1. The molecule has 2 fully saturated rings. The SMILES string of the molecule is CC1(C)CN(CC2CCCC2)CCN1. The molecule has 2 aliphatic rings. The number of hydrogen-bond acceptors (Lipinski definition) is 2. The summed E-state index contributed by atoms with van der Waals surface area (Å²) in [6.45, 7) is 9.62. The standard InChI is InChI=1S/C12H24N2/c1-12(2)10-14(8-7-13-12)9-11-5-3-4-6-11/h11,13H,3-10H2,1-2H3. The quantitative estimate of drug-likeness (QED) is 0.725. The van der Waals surface area contributed by atoms with Crippen molar-refractivity contribution in [2.75, 3.05) is 26.2 Å². The average Bonchev–Trinajstić information content (AvgIpc) is 2.54. The van der Waals surface area contributed by atoms with E-state index in [1.165, 1.54) is 51.9 Å². The van der Waals surface area contributed by atoms with Gasteiger partial charge in [-0.15, -0.1) is 0 Å². The zero-order valence-electron chi connectivity index (χ0n) is 9.68. The second-order valence-electron chi connectivity index (χ2n) is 5.70. The fourth-order valence-corrected chi connectivity index (χ4v) is 2.96.